The van der Waals surface area contributed by atoms with E-state index < -0.39 is 0 Å². The molecule has 0 saturated carbocycles. The molecule has 0 fully saturated rings. The number of carbonyl (C=O) groups is 1. The molecule has 0 atom stereocenters. The summed E-state index contributed by atoms with van der Waals surface area (Å²) in [6.07, 6.45) is 0. The summed E-state index contributed by atoms with van der Waals surface area (Å²) < 4.78 is 5.63. The van der Waals surface area contributed by atoms with Gasteiger partial charge in [0.25, 0.3) is 0 Å². The maximum atomic E-state index is 11.1. The quantitative estimate of drug-likeness (QED) is 0.930. The van der Waals surface area contributed by atoms with Crippen LogP contribution in [0.5, 0.6) is 5.75 Å². The number of benzene rings is 1. The number of aryl methyl sites for hydroxylation is 1. The van der Waals surface area contributed by atoms with Gasteiger partial charge in [0.15, 0.2) is 5.13 Å². The van der Waals surface area contributed by atoms with E-state index in [9.17, 15) is 4.79 Å². The maximum absolute atomic E-state index is 11.1. The summed E-state index contributed by atoms with van der Waals surface area (Å²) in [7, 11) is 0. The lowest BCUT2D eigenvalue weighted by atomic mass is 10.1. The SMILES string of the molecule is CCOc1ccccc1-c1sc(NC(C)=O)nc1C. The molecule has 0 saturated heterocycles. The van der Waals surface area contributed by atoms with Gasteiger partial charge in [0.1, 0.15) is 5.75 Å². The Labute approximate surface area is 116 Å². The predicted molar refractivity (Wildman–Crippen MR) is 77.8 cm³/mol. The van der Waals surface area contributed by atoms with E-state index in [1.54, 1.807) is 0 Å². The fourth-order valence-corrected chi connectivity index (χ4v) is 2.83. The minimum atomic E-state index is -0.113. The summed E-state index contributed by atoms with van der Waals surface area (Å²) in [4.78, 5) is 16.5. The number of nitrogens with one attached hydrogen (secondary N) is 1. The number of carbonyl (C=O) groups excluding carboxylic acids is 1. The van der Waals surface area contributed by atoms with Gasteiger partial charge in [-0.3, -0.25) is 4.79 Å². The highest BCUT2D eigenvalue weighted by atomic mass is 32.1. The predicted octanol–water partition coefficient (Wildman–Crippen LogP) is 3.48. The van der Waals surface area contributed by atoms with E-state index in [0.29, 0.717) is 11.7 Å². The highest BCUT2D eigenvalue weighted by molar-refractivity contribution is 7.19. The average Bonchev–Trinajstić information content (AvgIpc) is 2.70. The highest BCUT2D eigenvalue weighted by Gasteiger charge is 2.14. The van der Waals surface area contributed by atoms with Crippen LogP contribution in [-0.2, 0) is 4.79 Å². The number of aromatic nitrogens is 1. The number of anilines is 1. The number of para-hydroxylation sites is 1. The van der Waals surface area contributed by atoms with Crippen LogP contribution in [-0.4, -0.2) is 17.5 Å². The van der Waals surface area contributed by atoms with Gasteiger partial charge in [-0.2, -0.15) is 0 Å². The molecule has 1 aromatic carbocycles. The van der Waals surface area contributed by atoms with Crippen LogP contribution < -0.4 is 10.1 Å². The lowest BCUT2D eigenvalue weighted by molar-refractivity contribution is -0.114. The largest absolute Gasteiger partial charge is 0.493 e. The van der Waals surface area contributed by atoms with Crippen LogP contribution in [0, 0.1) is 6.92 Å². The van der Waals surface area contributed by atoms with Crippen molar-refractivity contribution in [3.05, 3.63) is 30.0 Å². The van der Waals surface area contributed by atoms with Crippen LogP contribution in [0.1, 0.15) is 19.5 Å². The van der Waals surface area contributed by atoms with E-state index in [2.05, 4.69) is 10.3 Å². The molecule has 1 aromatic heterocycles. The van der Waals surface area contributed by atoms with Gasteiger partial charge in [0, 0.05) is 12.5 Å². The molecule has 19 heavy (non-hydrogen) atoms. The fraction of sp³-hybridized carbons (Fsp3) is 0.286. The number of amides is 1. The van der Waals surface area contributed by atoms with Gasteiger partial charge in [0.05, 0.1) is 17.2 Å². The first-order chi connectivity index (χ1) is 9.11. The van der Waals surface area contributed by atoms with Crippen molar-refractivity contribution in [3.8, 4) is 16.2 Å². The van der Waals surface area contributed by atoms with Crippen molar-refractivity contribution < 1.29 is 9.53 Å². The Morgan fingerprint density at radius 2 is 2.16 bits per heavy atom. The van der Waals surface area contributed by atoms with Gasteiger partial charge in [0.2, 0.25) is 5.91 Å². The smallest absolute Gasteiger partial charge is 0.223 e. The van der Waals surface area contributed by atoms with E-state index in [0.717, 1.165) is 21.9 Å². The Morgan fingerprint density at radius 1 is 1.42 bits per heavy atom. The first-order valence-corrected chi connectivity index (χ1v) is 6.90. The number of hydrogen-bond acceptors (Lipinski definition) is 4. The first kappa shape index (κ1) is 13.5. The third-order valence-electron chi connectivity index (χ3n) is 2.51. The first-order valence-electron chi connectivity index (χ1n) is 6.09. The molecule has 1 amide bonds. The highest BCUT2D eigenvalue weighted by Crippen LogP contribution is 2.38. The van der Waals surface area contributed by atoms with Crippen molar-refractivity contribution in [3.63, 3.8) is 0 Å². The summed E-state index contributed by atoms with van der Waals surface area (Å²) in [6.45, 7) is 5.98. The normalized spacial score (nSPS) is 10.3. The molecule has 1 heterocycles. The zero-order valence-corrected chi connectivity index (χ0v) is 12.0. The molecule has 2 aromatic rings. The maximum Gasteiger partial charge on any atom is 0.223 e. The van der Waals surface area contributed by atoms with Crippen molar-refractivity contribution in [2.75, 3.05) is 11.9 Å². The van der Waals surface area contributed by atoms with E-state index in [1.165, 1.54) is 18.3 Å². The molecule has 100 valence electrons. The number of rotatable bonds is 4. The van der Waals surface area contributed by atoms with E-state index >= 15 is 0 Å². The van der Waals surface area contributed by atoms with Gasteiger partial charge in [-0.05, 0) is 26.0 Å². The fourth-order valence-electron chi connectivity index (χ4n) is 1.79. The second kappa shape index (κ2) is 5.84. The summed E-state index contributed by atoms with van der Waals surface area (Å²) in [5.74, 6) is 0.726. The lowest BCUT2D eigenvalue weighted by Gasteiger charge is -2.08. The van der Waals surface area contributed by atoms with Crippen molar-refractivity contribution in [2.45, 2.75) is 20.8 Å². The second-order valence-corrected chi connectivity index (χ2v) is 5.04. The van der Waals surface area contributed by atoms with Crippen molar-refractivity contribution in [1.29, 1.82) is 0 Å². The second-order valence-electron chi connectivity index (χ2n) is 4.04. The van der Waals surface area contributed by atoms with Crippen LogP contribution in [0.2, 0.25) is 0 Å². The molecular weight excluding hydrogens is 260 g/mol. The molecular formula is C14H16N2O2S. The Kier molecular flexibility index (Phi) is 4.16. The van der Waals surface area contributed by atoms with E-state index in [-0.39, 0.29) is 5.91 Å². The van der Waals surface area contributed by atoms with Crippen LogP contribution in [0.15, 0.2) is 24.3 Å². The molecule has 0 bridgehead atoms. The molecule has 0 spiro atoms. The molecule has 0 aliphatic carbocycles. The van der Waals surface area contributed by atoms with Crippen LogP contribution in [0.3, 0.4) is 0 Å². The van der Waals surface area contributed by atoms with Gasteiger partial charge in [-0.25, -0.2) is 4.98 Å². The Bertz CT molecular complexity index is 593. The zero-order chi connectivity index (χ0) is 13.8. The van der Waals surface area contributed by atoms with Gasteiger partial charge < -0.3 is 10.1 Å². The molecule has 0 unspecified atom stereocenters. The molecule has 5 heteroatoms. The third kappa shape index (κ3) is 3.12. The topological polar surface area (TPSA) is 51.2 Å². The lowest BCUT2D eigenvalue weighted by Crippen LogP contribution is -2.04. The monoisotopic (exact) mass is 276 g/mol. The minimum absolute atomic E-state index is 0.113. The van der Waals surface area contributed by atoms with Crippen molar-refractivity contribution in [2.24, 2.45) is 0 Å². The Hall–Kier alpha value is -1.88. The van der Waals surface area contributed by atoms with Gasteiger partial charge in [-0.1, -0.05) is 23.5 Å². The zero-order valence-electron chi connectivity index (χ0n) is 11.2. The summed E-state index contributed by atoms with van der Waals surface area (Å²) in [5, 5.41) is 3.33. The number of nitrogens with zero attached hydrogens (tertiary/aromatic N) is 1. The molecule has 0 aliphatic heterocycles. The standard InChI is InChI=1S/C14H16N2O2S/c1-4-18-12-8-6-5-7-11(12)13-9(2)15-14(19-13)16-10(3)17/h5-8H,4H2,1-3H3,(H,15,16,17). The average molecular weight is 276 g/mol. The molecule has 4 nitrogen and oxygen atoms in total. The van der Waals surface area contributed by atoms with Gasteiger partial charge >= 0.3 is 0 Å². The molecule has 0 aliphatic rings. The molecule has 2 rings (SSSR count). The summed E-state index contributed by atoms with van der Waals surface area (Å²) in [5.41, 5.74) is 1.90. The Balaban J connectivity index is 2.41. The minimum Gasteiger partial charge on any atom is -0.493 e. The molecule has 1 N–H and O–H groups in total. The number of hydrogen-bond donors (Lipinski definition) is 1. The van der Waals surface area contributed by atoms with Crippen molar-refractivity contribution >= 4 is 22.4 Å². The van der Waals surface area contributed by atoms with Crippen molar-refractivity contribution in [1.82, 2.24) is 4.98 Å². The number of ether oxygens (including phenoxy) is 1. The van der Waals surface area contributed by atoms with Gasteiger partial charge in [-0.15, -0.1) is 0 Å². The summed E-state index contributed by atoms with van der Waals surface area (Å²) >= 11 is 1.46. The summed E-state index contributed by atoms with van der Waals surface area (Å²) in [6, 6.07) is 7.85. The van der Waals surface area contributed by atoms with Crippen LogP contribution in [0.25, 0.3) is 10.4 Å². The third-order valence-corrected chi connectivity index (χ3v) is 3.62. The van der Waals surface area contributed by atoms with E-state index in [1.807, 2.05) is 38.1 Å². The van der Waals surface area contributed by atoms with E-state index in [4.69, 9.17) is 4.74 Å². The molecule has 0 radical (unpaired) electrons. The Morgan fingerprint density at radius 3 is 2.84 bits per heavy atom. The van der Waals surface area contributed by atoms with Crippen LogP contribution in [0.4, 0.5) is 5.13 Å². The number of thiazole rings is 1. The van der Waals surface area contributed by atoms with Crippen LogP contribution >= 0.6 is 11.3 Å².